The Balaban J connectivity index is 2.17. The van der Waals surface area contributed by atoms with Crippen LogP contribution in [0.5, 0.6) is 0 Å². The summed E-state index contributed by atoms with van der Waals surface area (Å²) in [5, 5.41) is 3.15. The molecule has 21 heavy (non-hydrogen) atoms. The highest BCUT2D eigenvalue weighted by molar-refractivity contribution is 7.89. The molecular formula is C15H25N3O2S. The van der Waals surface area contributed by atoms with Crippen LogP contribution in [0.1, 0.15) is 24.9 Å². The molecule has 0 spiro atoms. The Morgan fingerprint density at radius 3 is 2.38 bits per heavy atom. The molecule has 1 aliphatic rings. The van der Waals surface area contributed by atoms with Crippen molar-refractivity contribution in [3.8, 4) is 0 Å². The number of nitrogens with zero attached hydrogens (tertiary/aromatic N) is 2. The molecule has 1 heterocycles. The summed E-state index contributed by atoms with van der Waals surface area (Å²) in [6.07, 6.45) is 0.890. The number of likely N-dealkylation sites (N-methyl/N-ethyl adjacent to an activating group) is 1. The molecule has 1 aliphatic heterocycles. The summed E-state index contributed by atoms with van der Waals surface area (Å²) in [5.41, 5.74) is 1.09. The number of rotatable bonds is 5. The van der Waals surface area contributed by atoms with Crippen LogP contribution in [0.15, 0.2) is 29.2 Å². The lowest BCUT2D eigenvalue weighted by atomic mass is 10.1. The van der Waals surface area contributed by atoms with E-state index >= 15 is 0 Å². The topological polar surface area (TPSA) is 52.7 Å². The summed E-state index contributed by atoms with van der Waals surface area (Å²) in [6.45, 7) is 3.22. The van der Waals surface area contributed by atoms with Crippen molar-refractivity contribution in [3.05, 3.63) is 29.8 Å². The smallest absolute Gasteiger partial charge is 0.243 e. The van der Waals surface area contributed by atoms with E-state index in [-0.39, 0.29) is 6.04 Å². The van der Waals surface area contributed by atoms with Crippen molar-refractivity contribution in [3.63, 3.8) is 0 Å². The predicted octanol–water partition coefficient (Wildman–Crippen LogP) is 1.29. The first-order valence-corrected chi connectivity index (χ1v) is 8.74. The fourth-order valence-corrected chi connectivity index (χ4v) is 4.09. The molecule has 1 aromatic carbocycles. The molecule has 0 amide bonds. The van der Waals surface area contributed by atoms with Gasteiger partial charge in [0, 0.05) is 25.2 Å². The van der Waals surface area contributed by atoms with Gasteiger partial charge in [0.25, 0.3) is 0 Å². The molecule has 2 unspecified atom stereocenters. The van der Waals surface area contributed by atoms with Gasteiger partial charge in [0.05, 0.1) is 4.90 Å². The lowest BCUT2D eigenvalue weighted by molar-refractivity contribution is 0.302. The zero-order valence-corrected chi connectivity index (χ0v) is 14.0. The van der Waals surface area contributed by atoms with Crippen molar-refractivity contribution in [1.82, 2.24) is 14.5 Å². The van der Waals surface area contributed by atoms with Crippen LogP contribution < -0.4 is 5.32 Å². The van der Waals surface area contributed by atoms with Crippen molar-refractivity contribution in [2.75, 3.05) is 34.2 Å². The SMILES string of the molecule is CNC(C)c1ccc(S(=O)(=O)N2CCC(N(C)C)C2)cc1. The van der Waals surface area contributed by atoms with Gasteiger partial charge in [0.15, 0.2) is 0 Å². The fourth-order valence-electron chi connectivity index (χ4n) is 2.59. The van der Waals surface area contributed by atoms with Gasteiger partial charge in [-0.2, -0.15) is 4.31 Å². The second kappa shape index (κ2) is 6.44. The van der Waals surface area contributed by atoms with Crippen molar-refractivity contribution in [2.45, 2.75) is 30.3 Å². The van der Waals surface area contributed by atoms with Crippen LogP contribution in [0.3, 0.4) is 0 Å². The Morgan fingerprint density at radius 2 is 1.90 bits per heavy atom. The van der Waals surface area contributed by atoms with Gasteiger partial charge >= 0.3 is 0 Å². The van der Waals surface area contributed by atoms with E-state index < -0.39 is 10.0 Å². The molecule has 0 bridgehead atoms. The van der Waals surface area contributed by atoms with Crippen molar-refractivity contribution >= 4 is 10.0 Å². The maximum atomic E-state index is 12.6. The molecule has 5 nitrogen and oxygen atoms in total. The molecule has 6 heteroatoms. The summed E-state index contributed by atoms with van der Waals surface area (Å²) in [5.74, 6) is 0. The van der Waals surface area contributed by atoms with E-state index in [1.54, 1.807) is 16.4 Å². The molecule has 2 atom stereocenters. The van der Waals surface area contributed by atoms with Gasteiger partial charge in [-0.25, -0.2) is 8.42 Å². The van der Waals surface area contributed by atoms with Crippen molar-refractivity contribution in [1.29, 1.82) is 0 Å². The van der Waals surface area contributed by atoms with E-state index in [1.807, 2.05) is 40.2 Å². The highest BCUT2D eigenvalue weighted by atomic mass is 32.2. The molecule has 1 saturated heterocycles. The lowest BCUT2D eigenvalue weighted by Gasteiger charge is -2.20. The highest BCUT2D eigenvalue weighted by Crippen LogP contribution is 2.24. The quantitative estimate of drug-likeness (QED) is 0.890. The van der Waals surface area contributed by atoms with E-state index in [1.165, 1.54) is 0 Å². The van der Waals surface area contributed by atoms with Gasteiger partial charge in [0.1, 0.15) is 0 Å². The third-order valence-electron chi connectivity index (χ3n) is 4.31. The minimum Gasteiger partial charge on any atom is -0.313 e. The summed E-state index contributed by atoms with van der Waals surface area (Å²) >= 11 is 0. The minimum absolute atomic E-state index is 0.215. The van der Waals surface area contributed by atoms with Crippen molar-refractivity contribution in [2.24, 2.45) is 0 Å². The van der Waals surface area contributed by atoms with E-state index in [4.69, 9.17) is 0 Å². The number of benzene rings is 1. The average molecular weight is 311 g/mol. The van der Waals surface area contributed by atoms with E-state index in [2.05, 4.69) is 10.2 Å². The van der Waals surface area contributed by atoms with Crippen LogP contribution in [-0.4, -0.2) is 57.9 Å². The highest BCUT2D eigenvalue weighted by Gasteiger charge is 2.33. The Labute approximate surface area is 128 Å². The van der Waals surface area contributed by atoms with Crippen LogP contribution in [-0.2, 0) is 10.0 Å². The van der Waals surface area contributed by atoms with Gasteiger partial charge in [-0.3, -0.25) is 0 Å². The van der Waals surface area contributed by atoms with Gasteiger partial charge in [0.2, 0.25) is 10.0 Å². The van der Waals surface area contributed by atoms with Gasteiger partial charge in [-0.1, -0.05) is 12.1 Å². The van der Waals surface area contributed by atoms with Crippen molar-refractivity contribution < 1.29 is 8.42 Å². The molecule has 1 N–H and O–H groups in total. The lowest BCUT2D eigenvalue weighted by Crippen LogP contribution is -2.34. The van der Waals surface area contributed by atoms with E-state index in [0.29, 0.717) is 24.0 Å². The second-order valence-electron chi connectivity index (χ2n) is 5.85. The summed E-state index contributed by atoms with van der Waals surface area (Å²) in [4.78, 5) is 2.47. The maximum Gasteiger partial charge on any atom is 0.243 e. The number of nitrogens with one attached hydrogen (secondary N) is 1. The molecule has 1 fully saturated rings. The Hall–Kier alpha value is -0.950. The zero-order valence-electron chi connectivity index (χ0n) is 13.2. The summed E-state index contributed by atoms with van der Waals surface area (Å²) in [7, 11) is 2.51. The number of hydrogen-bond acceptors (Lipinski definition) is 4. The Bertz CT molecular complexity index is 569. The molecule has 0 aromatic heterocycles. The van der Waals surface area contributed by atoms with Crippen LogP contribution >= 0.6 is 0 Å². The Morgan fingerprint density at radius 1 is 1.29 bits per heavy atom. The maximum absolute atomic E-state index is 12.6. The first-order valence-electron chi connectivity index (χ1n) is 7.30. The third kappa shape index (κ3) is 3.45. The number of sulfonamides is 1. The predicted molar refractivity (Wildman–Crippen MR) is 84.8 cm³/mol. The molecule has 0 saturated carbocycles. The Kier molecular flexibility index (Phi) is 5.03. The molecule has 2 rings (SSSR count). The molecule has 0 aliphatic carbocycles. The van der Waals surface area contributed by atoms with Gasteiger partial charge in [-0.05, 0) is 52.2 Å². The fraction of sp³-hybridized carbons (Fsp3) is 0.600. The summed E-state index contributed by atoms with van der Waals surface area (Å²) < 4.78 is 26.9. The van der Waals surface area contributed by atoms with Crippen LogP contribution in [0.2, 0.25) is 0 Å². The molecule has 1 aromatic rings. The first-order chi connectivity index (χ1) is 9.86. The zero-order chi connectivity index (χ0) is 15.6. The average Bonchev–Trinajstić information content (AvgIpc) is 2.97. The van der Waals surface area contributed by atoms with Gasteiger partial charge < -0.3 is 10.2 Å². The van der Waals surface area contributed by atoms with Crippen LogP contribution in [0.25, 0.3) is 0 Å². The van der Waals surface area contributed by atoms with Gasteiger partial charge in [-0.15, -0.1) is 0 Å². The molecular weight excluding hydrogens is 286 g/mol. The normalized spacial score (nSPS) is 21.9. The van der Waals surface area contributed by atoms with E-state index in [0.717, 1.165) is 12.0 Å². The van der Waals surface area contributed by atoms with E-state index in [9.17, 15) is 8.42 Å². The number of hydrogen-bond donors (Lipinski definition) is 1. The third-order valence-corrected chi connectivity index (χ3v) is 6.19. The standard InChI is InChI=1S/C15H25N3O2S/c1-12(16-2)13-5-7-15(8-6-13)21(19,20)18-10-9-14(11-18)17(3)4/h5-8,12,14,16H,9-11H2,1-4H3. The molecule has 118 valence electrons. The van der Waals surface area contributed by atoms with Crippen LogP contribution in [0, 0.1) is 0 Å². The minimum atomic E-state index is -3.37. The molecule has 0 radical (unpaired) electrons. The largest absolute Gasteiger partial charge is 0.313 e. The first kappa shape index (κ1) is 16.4. The second-order valence-corrected chi connectivity index (χ2v) is 7.79. The monoisotopic (exact) mass is 311 g/mol. The van der Waals surface area contributed by atoms with Crippen LogP contribution in [0.4, 0.5) is 0 Å². The summed E-state index contributed by atoms with van der Waals surface area (Å²) in [6, 6.07) is 7.71.